The van der Waals surface area contributed by atoms with Gasteiger partial charge in [-0.3, -0.25) is 4.79 Å². The van der Waals surface area contributed by atoms with Gasteiger partial charge in [-0.2, -0.15) is 9.67 Å². The van der Waals surface area contributed by atoms with Crippen LogP contribution in [0.25, 0.3) is 11.6 Å². The summed E-state index contributed by atoms with van der Waals surface area (Å²) in [7, 11) is 0. The lowest BCUT2D eigenvalue weighted by molar-refractivity contribution is 0.0841. The molecule has 0 saturated carbocycles. The summed E-state index contributed by atoms with van der Waals surface area (Å²) in [6, 6.07) is 11.4. The highest BCUT2D eigenvalue weighted by molar-refractivity contribution is 9.10. The summed E-state index contributed by atoms with van der Waals surface area (Å²) in [6.45, 7) is 4.19. The molecule has 0 aliphatic carbocycles. The van der Waals surface area contributed by atoms with Gasteiger partial charge in [0.25, 0.3) is 5.91 Å². The second kappa shape index (κ2) is 7.00. The fourth-order valence-electron chi connectivity index (χ4n) is 2.12. The van der Waals surface area contributed by atoms with Crippen molar-refractivity contribution in [1.29, 1.82) is 0 Å². The molecule has 0 aliphatic rings. The minimum Gasteiger partial charge on any atom is -0.461 e. The third kappa shape index (κ3) is 3.56. The van der Waals surface area contributed by atoms with E-state index in [0.29, 0.717) is 24.1 Å². The number of carbonyl (C=O) groups is 1. The van der Waals surface area contributed by atoms with E-state index in [-0.39, 0.29) is 11.8 Å². The van der Waals surface area contributed by atoms with Crippen LogP contribution in [0.5, 0.6) is 0 Å². The molecule has 3 aromatic rings. The highest BCUT2D eigenvalue weighted by Gasteiger charge is 2.20. The van der Waals surface area contributed by atoms with E-state index in [4.69, 9.17) is 4.42 Å². The van der Waals surface area contributed by atoms with E-state index in [0.717, 1.165) is 10.0 Å². The Bertz CT molecular complexity index is 823. The van der Waals surface area contributed by atoms with Crippen LogP contribution in [0.4, 0.5) is 5.95 Å². The highest BCUT2D eigenvalue weighted by Crippen LogP contribution is 2.20. The maximum Gasteiger partial charge on any atom is 0.252 e. The highest BCUT2D eigenvalue weighted by atomic mass is 79.9. The summed E-state index contributed by atoms with van der Waals surface area (Å²) in [4.78, 5) is 16.8. The summed E-state index contributed by atoms with van der Waals surface area (Å²) in [5.41, 5.74) is 1.07. The number of halogens is 1. The molecule has 24 heavy (non-hydrogen) atoms. The van der Waals surface area contributed by atoms with E-state index in [1.54, 1.807) is 18.4 Å². The van der Waals surface area contributed by atoms with Crippen molar-refractivity contribution in [2.45, 2.75) is 20.4 Å². The molecule has 0 amide bonds. The van der Waals surface area contributed by atoms with Crippen molar-refractivity contribution in [3.05, 3.63) is 52.7 Å². The van der Waals surface area contributed by atoms with Gasteiger partial charge in [0.2, 0.25) is 11.8 Å². The smallest absolute Gasteiger partial charge is 0.252 e. The monoisotopic (exact) mass is 388 g/mol. The summed E-state index contributed by atoms with van der Waals surface area (Å²) >= 11 is 3.41. The van der Waals surface area contributed by atoms with E-state index in [1.165, 1.54) is 4.68 Å². The number of furan rings is 1. The van der Waals surface area contributed by atoms with E-state index >= 15 is 0 Å². The van der Waals surface area contributed by atoms with Gasteiger partial charge in [-0.25, -0.2) is 0 Å². The van der Waals surface area contributed by atoms with Gasteiger partial charge >= 0.3 is 0 Å². The minimum absolute atomic E-state index is 0.126. The van der Waals surface area contributed by atoms with E-state index < -0.39 is 0 Å². The van der Waals surface area contributed by atoms with Crippen LogP contribution in [0, 0.1) is 5.92 Å². The Morgan fingerprint density at radius 1 is 1.29 bits per heavy atom. The summed E-state index contributed by atoms with van der Waals surface area (Å²) in [5.74, 6) is 0.996. The zero-order valence-corrected chi connectivity index (χ0v) is 14.9. The van der Waals surface area contributed by atoms with Gasteiger partial charge in [0.1, 0.15) is 0 Å². The molecular weight excluding hydrogens is 372 g/mol. The molecule has 1 N–H and O–H groups in total. The van der Waals surface area contributed by atoms with Crippen LogP contribution in [-0.2, 0) is 6.54 Å². The number of hydrogen-bond donors (Lipinski definition) is 1. The first-order valence-electron chi connectivity index (χ1n) is 7.58. The Labute approximate surface area is 148 Å². The molecular formula is C17H17BrN4O2. The molecule has 0 fully saturated rings. The van der Waals surface area contributed by atoms with Crippen LogP contribution in [0.3, 0.4) is 0 Å². The number of rotatable bonds is 5. The fraction of sp³-hybridized carbons (Fsp3) is 0.235. The van der Waals surface area contributed by atoms with E-state index in [2.05, 4.69) is 31.3 Å². The van der Waals surface area contributed by atoms with Crippen molar-refractivity contribution >= 4 is 27.8 Å². The lowest BCUT2D eigenvalue weighted by Crippen LogP contribution is -2.21. The normalized spacial score (nSPS) is 11.0. The van der Waals surface area contributed by atoms with Crippen LogP contribution in [0.1, 0.15) is 24.2 Å². The number of nitrogens with one attached hydrogen (secondary N) is 1. The van der Waals surface area contributed by atoms with Crippen molar-refractivity contribution in [1.82, 2.24) is 14.8 Å². The lowest BCUT2D eigenvalue weighted by Gasteiger charge is -2.09. The maximum atomic E-state index is 12.4. The molecule has 0 radical (unpaired) electrons. The molecule has 0 aliphatic heterocycles. The predicted molar refractivity (Wildman–Crippen MR) is 94.7 cm³/mol. The Morgan fingerprint density at radius 3 is 2.67 bits per heavy atom. The lowest BCUT2D eigenvalue weighted by atomic mass is 10.2. The van der Waals surface area contributed by atoms with Crippen molar-refractivity contribution in [3.8, 4) is 11.6 Å². The number of carbonyl (C=O) groups excluding carboxylic acids is 1. The SMILES string of the molecule is CC(C)C(=O)n1nc(-c2ccco2)nc1NCc1ccc(Br)cc1. The molecule has 2 heterocycles. The average molecular weight is 389 g/mol. The zero-order chi connectivity index (χ0) is 17.1. The number of hydrogen-bond acceptors (Lipinski definition) is 5. The van der Waals surface area contributed by atoms with Crippen LogP contribution in [0.2, 0.25) is 0 Å². The van der Waals surface area contributed by atoms with Gasteiger partial charge in [0, 0.05) is 16.9 Å². The van der Waals surface area contributed by atoms with Gasteiger partial charge in [0.15, 0.2) is 5.76 Å². The average Bonchev–Trinajstić information content (AvgIpc) is 3.23. The Hall–Kier alpha value is -2.41. The van der Waals surface area contributed by atoms with Gasteiger partial charge in [-0.15, -0.1) is 5.10 Å². The molecule has 7 heteroatoms. The molecule has 124 valence electrons. The van der Waals surface area contributed by atoms with E-state index in [1.807, 2.05) is 38.1 Å². The molecule has 0 atom stereocenters. The standard InChI is InChI=1S/C17H17BrN4O2/c1-11(2)16(23)22-17(19-10-12-5-7-13(18)8-6-12)20-15(21-22)14-4-3-9-24-14/h3-9,11H,10H2,1-2H3,(H,19,20,21). The second-order valence-corrected chi connectivity index (χ2v) is 6.54. The minimum atomic E-state index is -0.190. The van der Waals surface area contributed by atoms with Crippen LogP contribution in [0.15, 0.2) is 51.6 Å². The van der Waals surface area contributed by atoms with Crippen molar-refractivity contribution in [3.63, 3.8) is 0 Å². The molecule has 3 rings (SSSR count). The van der Waals surface area contributed by atoms with Crippen LogP contribution >= 0.6 is 15.9 Å². The van der Waals surface area contributed by atoms with Crippen LogP contribution < -0.4 is 5.32 Å². The zero-order valence-electron chi connectivity index (χ0n) is 13.4. The fourth-order valence-corrected chi connectivity index (χ4v) is 2.38. The van der Waals surface area contributed by atoms with Crippen LogP contribution in [-0.4, -0.2) is 20.7 Å². The first-order chi connectivity index (χ1) is 11.5. The van der Waals surface area contributed by atoms with E-state index in [9.17, 15) is 4.79 Å². The Morgan fingerprint density at radius 2 is 2.04 bits per heavy atom. The topological polar surface area (TPSA) is 73.0 Å². The Kier molecular flexibility index (Phi) is 4.80. The molecule has 6 nitrogen and oxygen atoms in total. The summed E-state index contributed by atoms with van der Waals surface area (Å²) in [5, 5.41) is 7.47. The molecule has 0 saturated heterocycles. The summed E-state index contributed by atoms with van der Waals surface area (Å²) < 4.78 is 7.65. The molecule has 0 spiro atoms. The third-order valence-electron chi connectivity index (χ3n) is 3.42. The number of nitrogens with zero attached hydrogens (tertiary/aromatic N) is 3. The first kappa shape index (κ1) is 16.4. The predicted octanol–water partition coefficient (Wildman–Crippen LogP) is 4.21. The molecule has 0 bridgehead atoms. The number of aromatic nitrogens is 3. The largest absolute Gasteiger partial charge is 0.461 e. The van der Waals surface area contributed by atoms with Crippen molar-refractivity contribution in [2.24, 2.45) is 5.92 Å². The van der Waals surface area contributed by atoms with Gasteiger partial charge in [-0.05, 0) is 29.8 Å². The number of benzene rings is 1. The van der Waals surface area contributed by atoms with Gasteiger partial charge in [0.05, 0.1) is 6.26 Å². The molecule has 2 aromatic heterocycles. The third-order valence-corrected chi connectivity index (χ3v) is 3.94. The first-order valence-corrected chi connectivity index (χ1v) is 8.37. The van der Waals surface area contributed by atoms with Gasteiger partial charge < -0.3 is 9.73 Å². The Balaban J connectivity index is 1.87. The maximum absolute atomic E-state index is 12.4. The van der Waals surface area contributed by atoms with Crippen molar-refractivity contribution < 1.29 is 9.21 Å². The molecule has 1 aromatic carbocycles. The second-order valence-electron chi connectivity index (χ2n) is 5.62. The van der Waals surface area contributed by atoms with Crippen molar-refractivity contribution in [2.75, 3.05) is 5.32 Å². The number of anilines is 1. The quantitative estimate of drug-likeness (QED) is 0.708. The summed E-state index contributed by atoms with van der Waals surface area (Å²) in [6.07, 6.45) is 1.55. The molecule has 0 unspecified atom stereocenters. The van der Waals surface area contributed by atoms with Gasteiger partial charge in [-0.1, -0.05) is 41.9 Å².